The molecule has 1 amide bonds. The second-order valence-electron chi connectivity index (χ2n) is 9.28. The molecule has 1 unspecified atom stereocenters. The summed E-state index contributed by atoms with van der Waals surface area (Å²) in [6.45, 7) is 7.79. The van der Waals surface area contributed by atoms with E-state index in [0.29, 0.717) is 10.0 Å². The van der Waals surface area contributed by atoms with Crippen LogP contribution >= 0.6 is 34.3 Å². The minimum atomic E-state index is -1.01. The van der Waals surface area contributed by atoms with E-state index < -0.39 is 12.1 Å². The molecule has 1 atom stereocenters. The van der Waals surface area contributed by atoms with Gasteiger partial charge in [0, 0.05) is 28.3 Å². The van der Waals surface area contributed by atoms with Gasteiger partial charge in [0.05, 0.1) is 10.4 Å². The number of nitrogens with one attached hydrogen (secondary N) is 1. The number of carbonyl (C=O) groups excluding carboxylic acids is 1. The lowest BCUT2D eigenvalue weighted by Gasteiger charge is -2.18. The minimum Gasteiger partial charge on any atom is -0.479 e. The fraction of sp³-hybridized carbons (Fsp3) is 0.276. The van der Waals surface area contributed by atoms with Crippen LogP contribution in [0.1, 0.15) is 45.9 Å². The topological polar surface area (TPSA) is 88.5 Å². The van der Waals surface area contributed by atoms with Crippen LogP contribution in [0.5, 0.6) is 0 Å². The van der Waals surface area contributed by atoms with E-state index in [0.717, 1.165) is 42.6 Å². The molecule has 4 rings (SSSR count). The van der Waals surface area contributed by atoms with Gasteiger partial charge in [-0.15, -0.1) is 22.7 Å². The summed E-state index contributed by atoms with van der Waals surface area (Å²) in [5, 5.41) is 13.4. The predicted octanol–water partition coefficient (Wildman–Crippen LogP) is 7.16. The van der Waals surface area contributed by atoms with E-state index in [4.69, 9.17) is 16.3 Å². The number of aromatic nitrogens is 1. The van der Waals surface area contributed by atoms with E-state index >= 15 is 0 Å². The second-order valence-corrected chi connectivity index (χ2v) is 12.2. The van der Waals surface area contributed by atoms with E-state index in [9.17, 15) is 14.7 Å². The Hall–Kier alpha value is -3.04. The zero-order valence-corrected chi connectivity index (χ0v) is 24.0. The molecule has 0 radical (unpaired) electrons. The molecule has 0 aliphatic carbocycles. The van der Waals surface area contributed by atoms with Crippen LogP contribution in [0.25, 0.3) is 21.0 Å². The van der Waals surface area contributed by atoms with Crippen molar-refractivity contribution in [2.75, 3.05) is 0 Å². The normalized spacial score (nSPS) is 12.1. The number of benzene rings is 2. The molecule has 2 N–H and O–H groups in total. The van der Waals surface area contributed by atoms with Crippen LogP contribution in [0.15, 0.2) is 54.6 Å². The summed E-state index contributed by atoms with van der Waals surface area (Å²) < 4.78 is 6.26. The molecule has 0 aliphatic rings. The van der Waals surface area contributed by atoms with Crippen LogP contribution in [-0.2, 0) is 22.5 Å². The molecule has 4 aromatic rings. The summed E-state index contributed by atoms with van der Waals surface area (Å²) in [7, 11) is 0. The number of ether oxygens (including phenoxy) is 1. The van der Waals surface area contributed by atoms with Gasteiger partial charge in [0.15, 0.2) is 6.10 Å². The van der Waals surface area contributed by atoms with Crippen molar-refractivity contribution in [1.82, 2.24) is 10.3 Å². The fourth-order valence-corrected chi connectivity index (χ4v) is 6.06. The van der Waals surface area contributed by atoms with Crippen molar-refractivity contribution in [2.24, 2.45) is 0 Å². The van der Waals surface area contributed by atoms with E-state index in [1.807, 2.05) is 82.3 Å². The van der Waals surface area contributed by atoms with Gasteiger partial charge in [0.2, 0.25) is 0 Å². The number of aryl methyl sites for hydroxylation is 2. The molecule has 9 heteroatoms. The van der Waals surface area contributed by atoms with Crippen molar-refractivity contribution in [3.8, 4) is 21.0 Å². The third-order valence-electron chi connectivity index (χ3n) is 5.89. The first-order valence-corrected chi connectivity index (χ1v) is 14.2. The van der Waals surface area contributed by atoms with E-state index in [1.54, 1.807) is 0 Å². The van der Waals surface area contributed by atoms with Gasteiger partial charge in [-0.1, -0.05) is 59.6 Å². The number of carboxylic acids is 1. The van der Waals surface area contributed by atoms with Crippen LogP contribution < -0.4 is 5.32 Å². The Kier molecular flexibility index (Phi) is 8.99. The average Bonchev–Trinajstić information content (AvgIpc) is 3.48. The second kappa shape index (κ2) is 12.2. The largest absolute Gasteiger partial charge is 0.479 e. The molecule has 0 saturated carbocycles. The highest BCUT2D eigenvalue weighted by Gasteiger charge is 2.22. The maximum Gasteiger partial charge on any atom is 0.333 e. The molecule has 0 bridgehead atoms. The Bertz CT molecular complexity index is 1440. The Labute approximate surface area is 235 Å². The number of carboxylic acid groups (broad SMARTS) is 1. The first kappa shape index (κ1) is 28.0. The van der Waals surface area contributed by atoms with Crippen LogP contribution in [-0.4, -0.2) is 34.2 Å². The molecule has 2 aromatic heterocycles. The maximum absolute atomic E-state index is 13.2. The summed E-state index contributed by atoms with van der Waals surface area (Å²) in [5.41, 5.74) is 5.13. The first-order valence-electron chi connectivity index (χ1n) is 12.2. The number of thiazole rings is 1. The van der Waals surface area contributed by atoms with Crippen molar-refractivity contribution in [3.63, 3.8) is 0 Å². The zero-order valence-electron chi connectivity index (χ0n) is 21.6. The van der Waals surface area contributed by atoms with Crippen LogP contribution in [0.2, 0.25) is 4.34 Å². The molecule has 198 valence electrons. The number of carbonyl (C=O) groups is 2. The van der Waals surface area contributed by atoms with Gasteiger partial charge in [-0.25, -0.2) is 9.78 Å². The summed E-state index contributed by atoms with van der Waals surface area (Å²) in [5.74, 6) is -1.27. The van der Waals surface area contributed by atoms with Gasteiger partial charge in [-0.2, -0.15) is 0 Å². The van der Waals surface area contributed by atoms with Gasteiger partial charge < -0.3 is 15.2 Å². The standard InChI is InChI=1S/C29H29ClN2O4S2/c1-16(2)36-23(29(34)35)14-19-7-10-22(24-11-12-25(30)38-24)21(13-19)15-31-27(33)26-18(4)37-28(32-26)20-8-5-17(3)6-9-20/h5-13,16,23H,14-15H2,1-4H3,(H,31,33)(H,34,35). The molecule has 6 nitrogen and oxygen atoms in total. The van der Waals surface area contributed by atoms with E-state index in [2.05, 4.69) is 10.3 Å². The summed E-state index contributed by atoms with van der Waals surface area (Å²) in [6, 6.07) is 17.6. The molecule has 38 heavy (non-hydrogen) atoms. The van der Waals surface area contributed by atoms with Crippen LogP contribution in [0, 0.1) is 13.8 Å². The molecule has 0 fully saturated rings. The molecular weight excluding hydrogens is 540 g/mol. The van der Waals surface area contributed by atoms with Gasteiger partial charge in [-0.05, 0) is 56.5 Å². The van der Waals surface area contributed by atoms with Crippen LogP contribution in [0.3, 0.4) is 0 Å². The van der Waals surface area contributed by atoms with Gasteiger partial charge in [-0.3, -0.25) is 4.79 Å². The lowest BCUT2D eigenvalue weighted by molar-refractivity contribution is -0.153. The van der Waals surface area contributed by atoms with Crippen molar-refractivity contribution < 1.29 is 19.4 Å². The van der Waals surface area contributed by atoms with Crippen molar-refractivity contribution in [2.45, 2.75) is 52.9 Å². The highest BCUT2D eigenvalue weighted by atomic mass is 35.5. The van der Waals surface area contributed by atoms with Gasteiger partial charge in [0.25, 0.3) is 5.91 Å². The number of thiophene rings is 1. The third kappa shape index (κ3) is 6.88. The number of halogens is 1. The number of amides is 1. The van der Waals surface area contributed by atoms with Crippen molar-refractivity contribution in [3.05, 3.63) is 86.2 Å². The number of hydrogen-bond donors (Lipinski definition) is 2. The Morgan fingerprint density at radius 2 is 1.79 bits per heavy atom. The van der Waals surface area contributed by atoms with E-state index in [-0.39, 0.29) is 25.0 Å². The number of hydrogen-bond acceptors (Lipinski definition) is 6. The zero-order chi connectivity index (χ0) is 27.4. The van der Waals surface area contributed by atoms with Crippen molar-refractivity contribution in [1.29, 1.82) is 0 Å². The number of nitrogens with zero attached hydrogens (tertiary/aromatic N) is 1. The molecule has 2 aromatic carbocycles. The smallest absolute Gasteiger partial charge is 0.333 e. The summed E-state index contributed by atoms with van der Waals surface area (Å²) in [6.07, 6.45) is -0.962. The summed E-state index contributed by atoms with van der Waals surface area (Å²) in [4.78, 5) is 31.3. The first-order chi connectivity index (χ1) is 18.1. The lowest BCUT2D eigenvalue weighted by atomic mass is 9.99. The van der Waals surface area contributed by atoms with Gasteiger partial charge in [0.1, 0.15) is 10.7 Å². The van der Waals surface area contributed by atoms with E-state index in [1.165, 1.54) is 22.7 Å². The Morgan fingerprint density at radius 1 is 1.05 bits per heavy atom. The molecule has 0 spiro atoms. The fourth-order valence-electron chi connectivity index (χ4n) is 4.04. The predicted molar refractivity (Wildman–Crippen MR) is 154 cm³/mol. The monoisotopic (exact) mass is 568 g/mol. The SMILES string of the molecule is Cc1ccc(-c2nc(C(=O)NCc3cc(CC(OC(C)C)C(=O)O)ccc3-c3ccc(Cl)s3)c(C)s2)cc1. The highest BCUT2D eigenvalue weighted by molar-refractivity contribution is 7.19. The Balaban J connectivity index is 1.58. The third-order valence-corrected chi connectivity index (χ3v) is 8.18. The van der Waals surface area contributed by atoms with Crippen LogP contribution in [0.4, 0.5) is 0 Å². The van der Waals surface area contributed by atoms with Crippen molar-refractivity contribution >= 4 is 46.2 Å². The minimum absolute atomic E-state index is 0.213. The highest BCUT2D eigenvalue weighted by Crippen LogP contribution is 2.34. The average molecular weight is 569 g/mol. The maximum atomic E-state index is 13.2. The quantitative estimate of drug-likeness (QED) is 0.212. The Morgan fingerprint density at radius 3 is 2.42 bits per heavy atom. The molecule has 0 saturated heterocycles. The molecule has 0 aliphatic heterocycles. The summed E-state index contributed by atoms with van der Waals surface area (Å²) >= 11 is 9.13. The molecular formula is C29H29ClN2O4S2. The number of aliphatic carboxylic acids is 1. The molecule has 2 heterocycles. The van der Waals surface area contributed by atoms with Gasteiger partial charge >= 0.3 is 5.97 Å². The number of rotatable bonds is 10. The lowest BCUT2D eigenvalue weighted by Crippen LogP contribution is -2.29.